The van der Waals surface area contributed by atoms with E-state index in [1.165, 1.54) is 11.8 Å². The van der Waals surface area contributed by atoms with Crippen LogP contribution in [0.2, 0.25) is 0 Å². The highest BCUT2D eigenvalue weighted by Gasteiger charge is 2.35. The highest BCUT2D eigenvalue weighted by molar-refractivity contribution is 7.99. The molecule has 1 aliphatic rings. The molecule has 1 rings (SSSR count). The number of amides is 1. The summed E-state index contributed by atoms with van der Waals surface area (Å²) in [6.45, 7) is 5.11. The minimum absolute atomic E-state index is 0.00598. The zero-order valence-electron chi connectivity index (χ0n) is 15.7. The molecule has 0 heterocycles. The van der Waals surface area contributed by atoms with Crippen molar-refractivity contribution in [1.29, 1.82) is 0 Å². The lowest BCUT2D eigenvalue weighted by Crippen LogP contribution is -2.43. The quantitative estimate of drug-likeness (QED) is 0.482. The molecule has 0 bridgehead atoms. The Kier molecular flexibility index (Phi) is 10.3. The van der Waals surface area contributed by atoms with Gasteiger partial charge in [0.2, 0.25) is 5.91 Å². The minimum Gasteiger partial charge on any atom is -0.462 e. The fraction of sp³-hybridized carbons (Fsp3) is 0.778. The molecule has 2 atom stereocenters. The highest BCUT2D eigenvalue weighted by Crippen LogP contribution is 2.31. The lowest BCUT2D eigenvalue weighted by atomic mass is 10.1. The molecule has 2 unspecified atom stereocenters. The van der Waals surface area contributed by atoms with Gasteiger partial charge < -0.3 is 14.8 Å². The van der Waals surface area contributed by atoms with E-state index in [-0.39, 0.29) is 49.0 Å². The summed E-state index contributed by atoms with van der Waals surface area (Å²) in [5.74, 6) is 0.0334. The molecule has 7 nitrogen and oxygen atoms in total. The first-order valence-electron chi connectivity index (χ1n) is 9.17. The first-order chi connectivity index (χ1) is 12.4. The van der Waals surface area contributed by atoms with E-state index >= 15 is 0 Å². The summed E-state index contributed by atoms with van der Waals surface area (Å²) in [6.07, 6.45) is 2.00. The molecular weight excluding hydrogens is 358 g/mol. The Labute approximate surface area is 158 Å². The molecule has 0 aliphatic heterocycles. The van der Waals surface area contributed by atoms with Crippen LogP contribution in [0.5, 0.6) is 0 Å². The summed E-state index contributed by atoms with van der Waals surface area (Å²) < 4.78 is 10.4. The number of ether oxygens (including phenoxy) is 2. The highest BCUT2D eigenvalue weighted by atomic mass is 32.2. The van der Waals surface area contributed by atoms with Gasteiger partial charge in [-0.25, -0.2) is 0 Å². The third kappa shape index (κ3) is 8.69. The predicted molar refractivity (Wildman–Crippen MR) is 98.7 cm³/mol. The number of Topliss-reactive ketones (excluding diaryl/α,β-unsaturated/α-hetero) is 1. The SMILES string of the molecule is CCC(=O)NC(CSCC(COC(=O)CC)OC(=O)CC)C(=O)C1CC1. The monoisotopic (exact) mass is 387 g/mol. The van der Waals surface area contributed by atoms with Gasteiger partial charge in [-0.2, -0.15) is 11.8 Å². The molecule has 26 heavy (non-hydrogen) atoms. The Morgan fingerprint density at radius 2 is 1.65 bits per heavy atom. The van der Waals surface area contributed by atoms with E-state index in [9.17, 15) is 19.2 Å². The summed E-state index contributed by atoms with van der Waals surface area (Å²) in [7, 11) is 0. The molecular formula is C18H29NO6S. The van der Waals surface area contributed by atoms with E-state index in [4.69, 9.17) is 9.47 Å². The molecule has 1 amide bonds. The fourth-order valence-electron chi connectivity index (χ4n) is 2.13. The fourth-order valence-corrected chi connectivity index (χ4v) is 3.18. The number of carbonyl (C=O) groups excluding carboxylic acids is 4. The van der Waals surface area contributed by atoms with Gasteiger partial charge in [-0.3, -0.25) is 19.2 Å². The van der Waals surface area contributed by atoms with Gasteiger partial charge in [0.1, 0.15) is 12.7 Å². The molecule has 1 saturated carbocycles. The second-order valence-electron chi connectivity index (χ2n) is 6.19. The minimum atomic E-state index is -0.568. The van der Waals surface area contributed by atoms with Crippen LogP contribution in [0.25, 0.3) is 0 Å². The second-order valence-corrected chi connectivity index (χ2v) is 7.26. The van der Waals surface area contributed by atoms with Crippen molar-refractivity contribution >= 4 is 35.4 Å². The second kappa shape index (κ2) is 11.9. The topological polar surface area (TPSA) is 98.8 Å². The van der Waals surface area contributed by atoms with Crippen LogP contribution in [0.4, 0.5) is 0 Å². The molecule has 0 radical (unpaired) electrons. The number of hydrogen-bond acceptors (Lipinski definition) is 7. The lowest BCUT2D eigenvalue weighted by Gasteiger charge is -2.20. The standard InChI is InChI=1S/C18H29NO6S/c1-4-15(20)19-14(18(23)12-7-8-12)11-26-10-13(25-17(22)6-3)9-24-16(21)5-2/h12-14H,4-11H2,1-3H3,(H,19,20). The Morgan fingerprint density at radius 1 is 1.00 bits per heavy atom. The predicted octanol–water partition coefficient (Wildman–Crippen LogP) is 1.87. The van der Waals surface area contributed by atoms with E-state index in [1.54, 1.807) is 20.8 Å². The third-order valence-corrected chi connectivity index (χ3v) is 5.05. The zero-order chi connectivity index (χ0) is 19.5. The average molecular weight is 387 g/mol. The van der Waals surface area contributed by atoms with Crippen LogP contribution in [-0.4, -0.2) is 53.9 Å². The molecule has 0 aromatic rings. The Hall–Kier alpha value is -1.57. The van der Waals surface area contributed by atoms with Gasteiger partial charge in [0.05, 0.1) is 6.04 Å². The average Bonchev–Trinajstić information content (AvgIpc) is 3.48. The van der Waals surface area contributed by atoms with E-state index in [0.29, 0.717) is 17.9 Å². The van der Waals surface area contributed by atoms with Crippen LogP contribution in [0.15, 0.2) is 0 Å². The largest absolute Gasteiger partial charge is 0.462 e. The summed E-state index contributed by atoms with van der Waals surface area (Å²) in [4.78, 5) is 46.8. The van der Waals surface area contributed by atoms with Crippen LogP contribution >= 0.6 is 11.8 Å². The first-order valence-corrected chi connectivity index (χ1v) is 10.3. The summed E-state index contributed by atoms with van der Waals surface area (Å²) in [6, 6.07) is -0.527. The number of thioether (sulfide) groups is 1. The van der Waals surface area contributed by atoms with Gasteiger partial charge in [0.25, 0.3) is 0 Å². The van der Waals surface area contributed by atoms with Gasteiger partial charge in [-0.05, 0) is 12.8 Å². The van der Waals surface area contributed by atoms with Gasteiger partial charge in [0.15, 0.2) is 5.78 Å². The van der Waals surface area contributed by atoms with Crippen LogP contribution < -0.4 is 5.32 Å². The molecule has 148 valence electrons. The maximum absolute atomic E-state index is 12.3. The van der Waals surface area contributed by atoms with Crippen LogP contribution in [0, 0.1) is 5.92 Å². The maximum atomic E-state index is 12.3. The van der Waals surface area contributed by atoms with Crippen molar-refractivity contribution < 1.29 is 28.7 Å². The van der Waals surface area contributed by atoms with Crippen LogP contribution in [-0.2, 0) is 28.7 Å². The lowest BCUT2D eigenvalue weighted by molar-refractivity contribution is -0.157. The summed E-state index contributed by atoms with van der Waals surface area (Å²) >= 11 is 1.40. The van der Waals surface area contributed by atoms with Crippen molar-refractivity contribution in [3.8, 4) is 0 Å². The molecule has 1 aliphatic carbocycles. The van der Waals surface area contributed by atoms with Crippen molar-refractivity contribution in [2.45, 2.75) is 65.0 Å². The molecule has 0 spiro atoms. The molecule has 1 fully saturated rings. The first kappa shape index (κ1) is 22.5. The normalized spacial score (nSPS) is 15.7. The number of hydrogen-bond donors (Lipinski definition) is 1. The number of esters is 2. The van der Waals surface area contributed by atoms with Gasteiger partial charge in [0, 0.05) is 36.7 Å². The number of ketones is 1. The number of nitrogens with one attached hydrogen (secondary N) is 1. The van der Waals surface area contributed by atoms with Crippen molar-refractivity contribution in [3.05, 3.63) is 0 Å². The number of carbonyl (C=O) groups is 4. The van der Waals surface area contributed by atoms with E-state index in [0.717, 1.165) is 12.8 Å². The molecule has 0 saturated heterocycles. The Morgan fingerprint density at radius 3 is 2.19 bits per heavy atom. The van der Waals surface area contributed by atoms with Crippen molar-refractivity contribution in [2.24, 2.45) is 5.92 Å². The number of rotatable bonds is 13. The maximum Gasteiger partial charge on any atom is 0.305 e. The van der Waals surface area contributed by atoms with Crippen LogP contribution in [0.3, 0.4) is 0 Å². The van der Waals surface area contributed by atoms with Gasteiger partial charge in [-0.15, -0.1) is 0 Å². The van der Waals surface area contributed by atoms with Crippen molar-refractivity contribution in [3.63, 3.8) is 0 Å². The zero-order valence-corrected chi connectivity index (χ0v) is 16.6. The molecule has 0 aromatic carbocycles. The van der Waals surface area contributed by atoms with Crippen molar-refractivity contribution in [2.75, 3.05) is 18.1 Å². The van der Waals surface area contributed by atoms with Crippen molar-refractivity contribution in [1.82, 2.24) is 5.32 Å². The molecule has 8 heteroatoms. The van der Waals surface area contributed by atoms with E-state index < -0.39 is 12.1 Å². The van der Waals surface area contributed by atoms with Gasteiger partial charge in [-0.1, -0.05) is 20.8 Å². The summed E-state index contributed by atoms with van der Waals surface area (Å²) in [5, 5.41) is 2.77. The third-order valence-electron chi connectivity index (χ3n) is 3.87. The summed E-state index contributed by atoms with van der Waals surface area (Å²) in [5.41, 5.74) is 0. The Bertz CT molecular complexity index is 506. The smallest absolute Gasteiger partial charge is 0.305 e. The molecule has 0 aromatic heterocycles. The van der Waals surface area contributed by atoms with E-state index in [1.807, 2.05) is 0 Å². The van der Waals surface area contributed by atoms with Crippen LogP contribution in [0.1, 0.15) is 52.9 Å². The molecule has 1 N–H and O–H groups in total. The van der Waals surface area contributed by atoms with Gasteiger partial charge >= 0.3 is 11.9 Å². The van der Waals surface area contributed by atoms with E-state index in [2.05, 4.69) is 5.32 Å². The Balaban J connectivity index is 2.53.